The minimum Gasteiger partial charge on any atom is -0.396 e. The van der Waals surface area contributed by atoms with Crippen molar-refractivity contribution in [1.29, 1.82) is 0 Å². The molecule has 0 saturated carbocycles. The van der Waals surface area contributed by atoms with Crippen molar-refractivity contribution in [2.24, 2.45) is 11.8 Å². The molecule has 2 fully saturated rings. The van der Waals surface area contributed by atoms with Gasteiger partial charge in [-0.15, -0.1) is 0 Å². The van der Waals surface area contributed by atoms with E-state index >= 15 is 0 Å². The second-order valence-corrected chi connectivity index (χ2v) is 5.06. The van der Waals surface area contributed by atoms with Gasteiger partial charge in [-0.1, -0.05) is 13.3 Å². The predicted molar refractivity (Wildman–Crippen MR) is 58.8 cm³/mol. The highest BCUT2D eigenvalue weighted by molar-refractivity contribution is 4.87. The van der Waals surface area contributed by atoms with Crippen molar-refractivity contribution in [1.82, 2.24) is 0 Å². The zero-order valence-electron chi connectivity index (χ0n) is 9.89. The molecule has 94 valence electrons. The van der Waals surface area contributed by atoms with E-state index in [1.165, 1.54) is 0 Å². The maximum Gasteiger partial charge on any atom is 0.170 e. The fourth-order valence-electron chi connectivity index (χ4n) is 2.53. The smallest absolute Gasteiger partial charge is 0.170 e. The average Bonchev–Trinajstić information content (AvgIpc) is 2.30. The topological polar surface area (TPSA) is 58.9 Å². The largest absolute Gasteiger partial charge is 0.396 e. The van der Waals surface area contributed by atoms with Gasteiger partial charge in [-0.2, -0.15) is 0 Å². The van der Waals surface area contributed by atoms with Gasteiger partial charge in [0.2, 0.25) is 0 Å². The molecule has 4 nitrogen and oxygen atoms in total. The number of hydrogen-bond acceptors (Lipinski definition) is 4. The van der Waals surface area contributed by atoms with E-state index in [4.69, 9.17) is 14.6 Å². The van der Waals surface area contributed by atoms with Crippen LogP contribution in [0.5, 0.6) is 0 Å². The molecule has 2 N–H and O–H groups in total. The Labute approximate surface area is 96.6 Å². The summed E-state index contributed by atoms with van der Waals surface area (Å²) in [5.74, 6) is -0.100. The maximum atomic E-state index is 9.89. The van der Waals surface area contributed by atoms with E-state index in [-0.39, 0.29) is 12.5 Å². The lowest BCUT2D eigenvalue weighted by Gasteiger charge is -2.45. The number of ether oxygens (including phenoxy) is 2. The molecule has 16 heavy (non-hydrogen) atoms. The van der Waals surface area contributed by atoms with Crippen LogP contribution in [0.25, 0.3) is 0 Å². The third-order valence-electron chi connectivity index (χ3n) is 3.95. The lowest BCUT2D eigenvalue weighted by atomic mass is 9.86. The summed E-state index contributed by atoms with van der Waals surface area (Å²) < 4.78 is 11.5. The highest BCUT2D eigenvalue weighted by Crippen LogP contribution is 2.38. The van der Waals surface area contributed by atoms with Crippen LogP contribution in [0.4, 0.5) is 0 Å². The summed E-state index contributed by atoms with van der Waals surface area (Å²) in [5.41, 5.74) is 0. The summed E-state index contributed by atoms with van der Waals surface area (Å²) in [5, 5.41) is 18.9. The van der Waals surface area contributed by atoms with Crippen molar-refractivity contribution in [2.75, 3.05) is 19.8 Å². The number of aliphatic hydroxyl groups is 2. The van der Waals surface area contributed by atoms with Gasteiger partial charge < -0.3 is 19.7 Å². The van der Waals surface area contributed by atoms with E-state index in [1.807, 2.05) is 0 Å². The summed E-state index contributed by atoms with van der Waals surface area (Å²) >= 11 is 0. The molecule has 0 radical (unpaired) electrons. The van der Waals surface area contributed by atoms with Crippen LogP contribution in [-0.4, -0.2) is 41.9 Å². The highest BCUT2D eigenvalue weighted by atomic mass is 16.7. The van der Waals surface area contributed by atoms with Crippen molar-refractivity contribution in [3.8, 4) is 0 Å². The first-order chi connectivity index (χ1) is 7.69. The van der Waals surface area contributed by atoms with Crippen LogP contribution in [0, 0.1) is 11.8 Å². The van der Waals surface area contributed by atoms with E-state index in [1.54, 1.807) is 0 Å². The Balaban J connectivity index is 1.91. The van der Waals surface area contributed by atoms with E-state index in [0.29, 0.717) is 18.9 Å². The summed E-state index contributed by atoms with van der Waals surface area (Å²) in [6.45, 7) is 3.28. The van der Waals surface area contributed by atoms with Crippen molar-refractivity contribution in [3.63, 3.8) is 0 Å². The average molecular weight is 230 g/mol. The Hall–Kier alpha value is -0.160. The Morgan fingerprint density at radius 1 is 1.31 bits per heavy atom. The van der Waals surface area contributed by atoms with Gasteiger partial charge in [0.1, 0.15) is 0 Å². The van der Waals surface area contributed by atoms with Gasteiger partial charge in [0.15, 0.2) is 5.79 Å². The molecule has 4 heteroatoms. The zero-order valence-corrected chi connectivity index (χ0v) is 9.89. The van der Waals surface area contributed by atoms with Crippen LogP contribution in [0.3, 0.4) is 0 Å². The van der Waals surface area contributed by atoms with Crippen LogP contribution < -0.4 is 0 Å². The van der Waals surface area contributed by atoms with Crippen LogP contribution in [0.1, 0.15) is 32.6 Å². The normalized spacial score (nSPS) is 44.8. The second kappa shape index (κ2) is 5.00. The number of hydrogen-bond donors (Lipinski definition) is 2. The van der Waals surface area contributed by atoms with Crippen molar-refractivity contribution in [3.05, 3.63) is 0 Å². The molecule has 0 aliphatic carbocycles. The van der Waals surface area contributed by atoms with Crippen LogP contribution in [0.15, 0.2) is 0 Å². The van der Waals surface area contributed by atoms with Crippen LogP contribution in [0.2, 0.25) is 0 Å². The first kappa shape index (κ1) is 12.3. The zero-order chi connectivity index (χ0) is 11.6. The summed E-state index contributed by atoms with van der Waals surface area (Å²) in [6, 6.07) is 0. The van der Waals surface area contributed by atoms with E-state index in [2.05, 4.69) is 6.92 Å². The van der Waals surface area contributed by atoms with Gasteiger partial charge >= 0.3 is 0 Å². The lowest BCUT2D eigenvalue weighted by molar-refractivity contribution is -0.307. The van der Waals surface area contributed by atoms with Crippen molar-refractivity contribution >= 4 is 0 Å². The molecule has 2 rings (SSSR count). The fourth-order valence-corrected chi connectivity index (χ4v) is 2.53. The van der Waals surface area contributed by atoms with Gasteiger partial charge in [0.05, 0.1) is 25.9 Å². The Kier molecular flexibility index (Phi) is 3.85. The molecule has 0 aromatic carbocycles. The van der Waals surface area contributed by atoms with E-state index in [9.17, 15) is 5.11 Å². The first-order valence-electron chi connectivity index (χ1n) is 6.26. The van der Waals surface area contributed by atoms with E-state index in [0.717, 1.165) is 25.9 Å². The summed E-state index contributed by atoms with van der Waals surface area (Å²) in [7, 11) is 0. The van der Waals surface area contributed by atoms with Gasteiger partial charge in [0.25, 0.3) is 0 Å². The lowest BCUT2D eigenvalue weighted by Crippen LogP contribution is -2.51. The molecule has 0 aromatic rings. The molecule has 4 atom stereocenters. The molecule has 1 spiro atoms. The molecule has 2 aliphatic heterocycles. The van der Waals surface area contributed by atoms with Crippen LogP contribution in [-0.2, 0) is 9.47 Å². The van der Waals surface area contributed by atoms with Gasteiger partial charge in [-0.05, 0) is 12.3 Å². The second-order valence-electron chi connectivity index (χ2n) is 5.06. The Morgan fingerprint density at radius 3 is 2.56 bits per heavy atom. The fraction of sp³-hybridized carbons (Fsp3) is 1.00. The summed E-state index contributed by atoms with van der Waals surface area (Å²) in [4.78, 5) is 0. The molecular weight excluding hydrogens is 208 g/mol. The Morgan fingerprint density at radius 2 is 2.06 bits per heavy atom. The SMILES string of the molecule is CCC1CC[C@]2(C[C@H](O)[C@H](CO)CO2)OC1. The summed E-state index contributed by atoms with van der Waals surface area (Å²) in [6.07, 6.45) is 3.09. The predicted octanol–water partition coefficient (Wildman–Crippen LogP) is 0.909. The van der Waals surface area contributed by atoms with Crippen molar-refractivity contribution in [2.45, 2.75) is 44.5 Å². The monoisotopic (exact) mass is 230 g/mol. The highest BCUT2D eigenvalue weighted by Gasteiger charge is 2.44. The van der Waals surface area contributed by atoms with E-state index < -0.39 is 11.9 Å². The van der Waals surface area contributed by atoms with Gasteiger partial charge in [-0.3, -0.25) is 0 Å². The maximum absolute atomic E-state index is 9.89. The molecule has 0 amide bonds. The molecule has 1 unspecified atom stereocenters. The van der Waals surface area contributed by atoms with Crippen LogP contribution >= 0.6 is 0 Å². The first-order valence-corrected chi connectivity index (χ1v) is 6.26. The van der Waals surface area contributed by atoms with Gasteiger partial charge in [-0.25, -0.2) is 0 Å². The quantitative estimate of drug-likeness (QED) is 0.740. The molecular formula is C12H22O4. The molecule has 0 aromatic heterocycles. The molecule has 2 aliphatic rings. The minimum atomic E-state index is -0.573. The molecule has 2 heterocycles. The number of rotatable bonds is 2. The minimum absolute atomic E-state index is 0.0190. The third kappa shape index (κ3) is 2.40. The Bertz CT molecular complexity index is 218. The van der Waals surface area contributed by atoms with Gasteiger partial charge in [0, 0.05) is 18.8 Å². The number of aliphatic hydroxyl groups excluding tert-OH is 2. The van der Waals surface area contributed by atoms with Crippen molar-refractivity contribution < 1.29 is 19.7 Å². The molecule has 2 saturated heterocycles. The standard InChI is InChI=1S/C12H22O4/c1-2-9-3-4-12(15-7-9)5-11(14)10(6-13)8-16-12/h9-11,13-14H,2-8H2,1H3/t9?,10-,11+,12+/m1/s1. The third-order valence-corrected chi connectivity index (χ3v) is 3.95. The molecule has 0 bridgehead atoms.